The molecule has 0 unspecified atom stereocenters. The number of nitrogens with zero attached hydrogens (tertiary/aromatic N) is 2. The van der Waals surface area contributed by atoms with E-state index in [9.17, 15) is 0 Å². The highest BCUT2D eigenvalue weighted by molar-refractivity contribution is 7.07. The van der Waals surface area contributed by atoms with Gasteiger partial charge in [-0.3, -0.25) is 4.98 Å². The lowest BCUT2D eigenvalue weighted by molar-refractivity contribution is 1.06. The molecule has 0 radical (unpaired) electrons. The molecule has 14 heavy (non-hydrogen) atoms. The van der Waals surface area contributed by atoms with Gasteiger partial charge in [-0.1, -0.05) is 0 Å². The highest BCUT2D eigenvalue weighted by Crippen LogP contribution is 2.12. The Kier molecular flexibility index (Phi) is 2.74. The summed E-state index contributed by atoms with van der Waals surface area (Å²) in [5, 5.41) is 5.34. The molecule has 0 saturated carbocycles. The molecular formula is C10H11N3S. The first-order valence-electron chi connectivity index (χ1n) is 4.38. The highest BCUT2D eigenvalue weighted by atomic mass is 32.1. The minimum Gasteiger partial charge on any atom is -0.378 e. The van der Waals surface area contributed by atoms with E-state index in [0.717, 1.165) is 17.9 Å². The average molecular weight is 205 g/mol. The molecule has 1 N–H and O–H groups in total. The molecule has 2 heterocycles. The molecule has 0 aliphatic heterocycles. The molecule has 0 bridgehead atoms. The van der Waals surface area contributed by atoms with Gasteiger partial charge in [-0.05, 0) is 18.6 Å². The quantitative estimate of drug-likeness (QED) is 0.836. The Morgan fingerprint density at radius 1 is 1.50 bits per heavy atom. The Labute approximate surface area is 86.8 Å². The Bertz CT molecular complexity index is 398. The SMILES string of the molecule is Cc1ccncc1NCc1cscn1. The van der Waals surface area contributed by atoms with Gasteiger partial charge in [-0.15, -0.1) is 11.3 Å². The predicted octanol–water partition coefficient (Wildman–Crippen LogP) is 2.46. The number of rotatable bonds is 3. The average Bonchev–Trinajstić information content (AvgIpc) is 2.69. The number of nitrogens with one attached hydrogen (secondary N) is 1. The van der Waals surface area contributed by atoms with Crippen molar-refractivity contribution in [2.75, 3.05) is 5.32 Å². The normalized spacial score (nSPS) is 10.1. The van der Waals surface area contributed by atoms with E-state index in [4.69, 9.17) is 0 Å². The standard InChI is InChI=1S/C10H11N3S/c1-8-2-3-11-5-10(8)12-4-9-6-14-7-13-9/h2-3,5-7,12H,4H2,1H3. The number of pyridine rings is 1. The summed E-state index contributed by atoms with van der Waals surface area (Å²) in [4.78, 5) is 8.26. The molecule has 2 aromatic heterocycles. The van der Waals surface area contributed by atoms with Gasteiger partial charge in [0.1, 0.15) is 0 Å². The second kappa shape index (κ2) is 4.19. The first-order chi connectivity index (χ1) is 6.86. The zero-order valence-corrected chi connectivity index (χ0v) is 8.71. The lowest BCUT2D eigenvalue weighted by atomic mass is 10.2. The fourth-order valence-corrected chi connectivity index (χ4v) is 1.72. The van der Waals surface area contributed by atoms with Gasteiger partial charge in [0.25, 0.3) is 0 Å². The molecule has 0 amide bonds. The molecule has 0 spiro atoms. The summed E-state index contributed by atoms with van der Waals surface area (Å²) < 4.78 is 0. The van der Waals surface area contributed by atoms with Crippen LogP contribution in [0.3, 0.4) is 0 Å². The van der Waals surface area contributed by atoms with Crippen LogP contribution in [0.4, 0.5) is 5.69 Å². The van der Waals surface area contributed by atoms with Crippen LogP contribution >= 0.6 is 11.3 Å². The Morgan fingerprint density at radius 3 is 3.14 bits per heavy atom. The molecule has 72 valence electrons. The van der Waals surface area contributed by atoms with Gasteiger partial charge in [0, 0.05) is 11.6 Å². The molecule has 0 aliphatic carbocycles. The zero-order chi connectivity index (χ0) is 9.80. The van der Waals surface area contributed by atoms with Crippen molar-refractivity contribution in [3.05, 3.63) is 40.6 Å². The van der Waals surface area contributed by atoms with E-state index in [1.165, 1.54) is 5.56 Å². The number of aromatic nitrogens is 2. The van der Waals surface area contributed by atoms with Crippen molar-refractivity contribution in [3.63, 3.8) is 0 Å². The lowest BCUT2D eigenvalue weighted by Gasteiger charge is -2.06. The van der Waals surface area contributed by atoms with Crippen molar-refractivity contribution < 1.29 is 0 Å². The van der Waals surface area contributed by atoms with E-state index < -0.39 is 0 Å². The lowest BCUT2D eigenvalue weighted by Crippen LogP contribution is -2.01. The predicted molar refractivity (Wildman–Crippen MR) is 58.4 cm³/mol. The van der Waals surface area contributed by atoms with Crippen molar-refractivity contribution in [3.8, 4) is 0 Å². The summed E-state index contributed by atoms with van der Waals surface area (Å²) in [7, 11) is 0. The van der Waals surface area contributed by atoms with Gasteiger partial charge >= 0.3 is 0 Å². The van der Waals surface area contributed by atoms with Crippen molar-refractivity contribution in [2.24, 2.45) is 0 Å². The molecule has 0 atom stereocenters. The Balaban J connectivity index is 2.02. The monoisotopic (exact) mass is 205 g/mol. The number of anilines is 1. The molecule has 0 aliphatic rings. The molecular weight excluding hydrogens is 194 g/mol. The molecule has 0 aromatic carbocycles. The van der Waals surface area contributed by atoms with Crippen molar-refractivity contribution in [1.29, 1.82) is 0 Å². The van der Waals surface area contributed by atoms with Crippen LogP contribution in [0, 0.1) is 6.92 Å². The van der Waals surface area contributed by atoms with E-state index in [1.807, 2.05) is 23.2 Å². The molecule has 0 saturated heterocycles. The van der Waals surface area contributed by atoms with Crippen LogP contribution in [-0.4, -0.2) is 9.97 Å². The first kappa shape index (κ1) is 9.15. The summed E-state index contributed by atoms with van der Waals surface area (Å²) >= 11 is 1.61. The third-order valence-corrected chi connectivity index (χ3v) is 2.62. The summed E-state index contributed by atoms with van der Waals surface area (Å²) in [6.45, 7) is 2.82. The van der Waals surface area contributed by atoms with Crippen LogP contribution in [0.15, 0.2) is 29.4 Å². The summed E-state index contributed by atoms with van der Waals surface area (Å²) in [5.41, 5.74) is 5.18. The van der Waals surface area contributed by atoms with Crippen LogP contribution in [0.25, 0.3) is 0 Å². The molecule has 4 heteroatoms. The van der Waals surface area contributed by atoms with Crippen molar-refractivity contribution in [2.45, 2.75) is 13.5 Å². The topological polar surface area (TPSA) is 37.8 Å². The second-order valence-electron chi connectivity index (χ2n) is 3.02. The van der Waals surface area contributed by atoms with E-state index in [1.54, 1.807) is 17.5 Å². The van der Waals surface area contributed by atoms with E-state index in [2.05, 4.69) is 22.2 Å². The highest BCUT2D eigenvalue weighted by Gasteiger charge is 1.98. The van der Waals surface area contributed by atoms with E-state index >= 15 is 0 Å². The molecule has 3 nitrogen and oxygen atoms in total. The third-order valence-electron chi connectivity index (χ3n) is 1.98. The van der Waals surface area contributed by atoms with Gasteiger partial charge < -0.3 is 5.32 Å². The van der Waals surface area contributed by atoms with Crippen LogP contribution in [0.5, 0.6) is 0 Å². The van der Waals surface area contributed by atoms with Gasteiger partial charge in [-0.25, -0.2) is 4.98 Å². The second-order valence-corrected chi connectivity index (χ2v) is 3.74. The number of aryl methyl sites for hydroxylation is 1. The fourth-order valence-electron chi connectivity index (χ4n) is 1.16. The fraction of sp³-hybridized carbons (Fsp3) is 0.200. The summed E-state index contributed by atoms with van der Waals surface area (Å²) in [5.74, 6) is 0. The van der Waals surface area contributed by atoms with Gasteiger partial charge in [0.2, 0.25) is 0 Å². The minimum absolute atomic E-state index is 0.760. The van der Waals surface area contributed by atoms with E-state index in [-0.39, 0.29) is 0 Å². The largest absolute Gasteiger partial charge is 0.378 e. The maximum Gasteiger partial charge on any atom is 0.0795 e. The van der Waals surface area contributed by atoms with Gasteiger partial charge in [-0.2, -0.15) is 0 Å². The van der Waals surface area contributed by atoms with Crippen LogP contribution in [0.2, 0.25) is 0 Å². The Hall–Kier alpha value is -1.42. The van der Waals surface area contributed by atoms with Gasteiger partial charge in [0.15, 0.2) is 0 Å². The Morgan fingerprint density at radius 2 is 2.43 bits per heavy atom. The summed E-state index contributed by atoms with van der Waals surface area (Å²) in [6, 6.07) is 1.99. The maximum atomic E-state index is 4.20. The molecule has 0 fully saturated rings. The van der Waals surface area contributed by atoms with E-state index in [0.29, 0.717) is 0 Å². The number of hydrogen-bond donors (Lipinski definition) is 1. The third kappa shape index (κ3) is 2.09. The maximum absolute atomic E-state index is 4.20. The smallest absolute Gasteiger partial charge is 0.0795 e. The van der Waals surface area contributed by atoms with Crippen LogP contribution in [-0.2, 0) is 6.54 Å². The van der Waals surface area contributed by atoms with Crippen molar-refractivity contribution >= 4 is 17.0 Å². The van der Waals surface area contributed by atoms with Crippen LogP contribution in [0.1, 0.15) is 11.3 Å². The number of hydrogen-bond acceptors (Lipinski definition) is 4. The van der Waals surface area contributed by atoms with Crippen LogP contribution < -0.4 is 5.32 Å². The van der Waals surface area contributed by atoms with Crippen molar-refractivity contribution in [1.82, 2.24) is 9.97 Å². The number of thiazole rings is 1. The minimum atomic E-state index is 0.760. The molecule has 2 rings (SSSR count). The zero-order valence-electron chi connectivity index (χ0n) is 7.90. The first-order valence-corrected chi connectivity index (χ1v) is 5.32. The molecule has 2 aromatic rings. The summed E-state index contributed by atoms with van der Waals surface area (Å²) in [6.07, 6.45) is 3.63. The van der Waals surface area contributed by atoms with Gasteiger partial charge in [0.05, 0.1) is 29.6 Å².